The van der Waals surface area contributed by atoms with E-state index in [9.17, 15) is 4.79 Å². The van der Waals surface area contributed by atoms with Gasteiger partial charge in [0.25, 0.3) is 0 Å². The number of amides is 1. The zero-order valence-electron chi connectivity index (χ0n) is 9.03. The summed E-state index contributed by atoms with van der Waals surface area (Å²) in [7, 11) is 3.27. The highest BCUT2D eigenvalue weighted by molar-refractivity contribution is 6.20. The highest BCUT2D eigenvalue weighted by Crippen LogP contribution is 2.23. The van der Waals surface area contributed by atoms with Gasteiger partial charge in [-0.1, -0.05) is 12.1 Å². The fraction of sp³-hybridized carbons (Fsp3) is 0.364. The monoisotopic (exact) mass is 227 g/mol. The van der Waals surface area contributed by atoms with Crippen LogP contribution in [0.15, 0.2) is 24.3 Å². The zero-order chi connectivity index (χ0) is 11.4. The number of benzene rings is 1. The summed E-state index contributed by atoms with van der Waals surface area (Å²) < 4.78 is 5.09. The summed E-state index contributed by atoms with van der Waals surface area (Å²) >= 11 is 5.92. The van der Waals surface area contributed by atoms with E-state index in [-0.39, 0.29) is 5.38 Å². The fourth-order valence-corrected chi connectivity index (χ4v) is 1.15. The van der Waals surface area contributed by atoms with Gasteiger partial charge in [0, 0.05) is 14.1 Å². The van der Waals surface area contributed by atoms with Crippen molar-refractivity contribution in [1.82, 2.24) is 4.90 Å². The van der Waals surface area contributed by atoms with Crippen LogP contribution in [0.4, 0.5) is 4.79 Å². The van der Waals surface area contributed by atoms with E-state index in [1.54, 1.807) is 26.2 Å². The van der Waals surface area contributed by atoms with E-state index in [1.165, 1.54) is 4.90 Å². The molecule has 1 unspecified atom stereocenters. The van der Waals surface area contributed by atoms with E-state index < -0.39 is 6.09 Å². The summed E-state index contributed by atoms with van der Waals surface area (Å²) in [4.78, 5) is 12.6. The molecule has 0 aliphatic carbocycles. The number of carbonyl (C=O) groups excluding carboxylic acids is 1. The highest BCUT2D eigenvalue weighted by atomic mass is 35.5. The third-order valence-corrected chi connectivity index (χ3v) is 2.14. The molecule has 1 rings (SSSR count). The maximum atomic E-state index is 11.3. The molecule has 0 aromatic heterocycles. The summed E-state index contributed by atoms with van der Waals surface area (Å²) in [5.41, 5.74) is 0.931. The van der Waals surface area contributed by atoms with Crippen LogP contribution in [0, 0.1) is 0 Å². The van der Waals surface area contributed by atoms with Crippen molar-refractivity contribution in [2.45, 2.75) is 12.3 Å². The zero-order valence-corrected chi connectivity index (χ0v) is 9.78. The van der Waals surface area contributed by atoms with Crippen LogP contribution >= 0.6 is 11.6 Å². The lowest BCUT2D eigenvalue weighted by molar-refractivity contribution is 0.172. The van der Waals surface area contributed by atoms with Crippen molar-refractivity contribution in [3.05, 3.63) is 29.8 Å². The number of ether oxygens (including phenoxy) is 1. The van der Waals surface area contributed by atoms with Gasteiger partial charge in [0.2, 0.25) is 0 Å². The van der Waals surface area contributed by atoms with E-state index in [1.807, 2.05) is 19.1 Å². The molecule has 0 N–H and O–H groups in total. The van der Waals surface area contributed by atoms with Gasteiger partial charge in [-0.3, -0.25) is 0 Å². The topological polar surface area (TPSA) is 29.5 Å². The van der Waals surface area contributed by atoms with Crippen LogP contribution in [0.25, 0.3) is 0 Å². The summed E-state index contributed by atoms with van der Waals surface area (Å²) in [6, 6.07) is 7.19. The molecule has 0 radical (unpaired) electrons. The lowest BCUT2D eigenvalue weighted by Gasteiger charge is -2.11. The molecule has 1 aromatic rings. The molecule has 0 aliphatic heterocycles. The van der Waals surface area contributed by atoms with Gasteiger partial charge in [-0.25, -0.2) is 4.79 Å². The maximum Gasteiger partial charge on any atom is 0.414 e. The minimum atomic E-state index is -0.394. The first-order chi connectivity index (χ1) is 7.00. The summed E-state index contributed by atoms with van der Waals surface area (Å²) in [5, 5.41) is -0.0944. The van der Waals surface area contributed by atoms with Crippen LogP contribution < -0.4 is 4.74 Å². The van der Waals surface area contributed by atoms with Crippen LogP contribution in [0.2, 0.25) is 0 Å². The van der Waals surface area contributed by atoms with Crippen molar-refractivity contribution in [2.75, 3.05) is 14.1 Å². The van der Waals surface area contributed by atoms with E-state index >= 15 is 0 Å². The second kappa shape index (κ2) is 5.03. The lowest BCUT2D eigenvalue weighted by Crippen LogP contribution is -2.25. The average Bonchev–Trinajstić information content (AvgIpc) is 2.18. The molecule has 3 nitrogen and oxygen atoms in total. The standard InChI is InChI=1S/C11H14ClNO2/c1-8(12)9-5-4-6-10(7-9)15-11(14)13(2)3/h4-8H,1-3H3. The third-order valence-electron chi connectivity index (χ3n) is 1.89. The summed E-state index contributed by atoms with van der Waals surface area (Å²) in [6.45, 7) is 1.87. The van der Waals surface area contributed by atoms with E-state index in [0.29, 0.717) is 5.75 Å². The maximum absolute atomic E-state index is 11.3. The molecule has 82 valence electrons. The Labute approximate surface area is 94.6 Å². The predicted octanol–water partition coefficient (Wildman–Crippen LogP) is 3.05. The van der Waals surface area contributed by atoms with Crippen molar-refractivity contribution in [3.8, 4) is 5.75 Å². The average molecular weight is 228 g/mol. The Kier molecular flexibility index (Phi) is 3.97. The molecule has 0 saturated carbocycles. The normalized spacial score (nSPS) is 12.0. The molecule has 0 bridgehead atoms. The summed E-state index contributed by atoms with van der Waals surface area (Å²) in [5.74, 6) is 0.513. The highest BCUT2D eigenvalue weighted by Gasteiger charge is 2.08. The quantitative estimate of drug-likeness (QED) is 0.727. The van der Waals surface area contributed by atoms with Gasteiger partial charge < -0.3 is 9.64 Å². The van der Waals surface area contributed by atoms with Crippen LogP contribution in [0.5, 0.6) is 5.75 Å². The largest absolute Gasteiger partial charge is 0.414 e. The molecule has 0 saturated heterocycles. The SMILES string of the molecule is CC(Cl)c1cccc(OC(=O)N(C)C)c1. The van der Waals surface area contributed by atoms with Gasteiger partial charge >= 0.3 is 6.09 Å². The van der Waals surface area contributed by atoms with Gasteiger partial charge in [0.15, 0.2) is 0 Å². The van der Waals surface area contributed by atoms with Gasteiger partial charge in [-0.2, -0.15) is 0 Å². The van der Waals surface area contributed by atoms with Crippen molar-refractivity contribution >= 4 is 17.7 Å². The van der Waals surface area contributed by atoms with Gasteiger partial charge in [-0.15, -0.1) is 11.6 Å². The molecule has 4 heteroatoms. The van der Waals surface area contributed by atoms with Gasteiger partial charge in [0.1, 0.15) is 5.75 Å². The Bertz CT molecular complexity index is 350. The van der Waals surface area contributed by atoms with Crippen LogP contribution in [-0.4, -0.2) is 25.1 Å². The summed E-state index contributed by atoms with van der Waals surface area (Å²) in [6.07, 6.45) is -0.394. The van der Waals surface area contributed by atoms with E-state index in [4.69, 9.17) is 16.3 Å². The Morgan fingerprint density at radius 1 is 1.47 bits per heavy atom. The molecule has 0 aliphatic rings. The van der Waals surface area contributed by atoms with Crippen molar-refractivity contribution in [1.29, 1.82) is 0 Å². The minimum Gasteiger partial charge on any atom is -0.410 e. The first kappa shape index (κ1) is 11.9. The Morgan fingerprint density at radius 2 is 2.13 bits per heavy atom. The smallest absolute Gasteiger partial charge is 0.410 e. The Balaban J connectivity index is 2.78. The van der Waals surface area contributed by atoms with Crippen molar-refractivity contribution < 1.29 is 9.53 Å². The number of carbonyl (C=O) groups is 1. The first-order valence-corrected chi connectivity index (χ1v) is 5.07. The Morgan fingerprint density at radius 3 is 2.67 bits per heavy atom. The second-order valence-electron chi connectivity index (χ2n) is 3.45. The van der Waals surface area contributed by atoms with Crippen LogP contribution in [-0.2, 0) is 0 Å². The number of rotatable bonds is 2. The number of halogens is 1. The third kappa shape index (κ3) is 3.44. The molecule has 15 heavy (non-hydrogen) atoms. The molecular weight excluding hydrogens is 214 g/mol. The van der Waals surface area contributed by atoms with Crippen LogP contribution in [0.3, 0.4) is 0 Å². The lowest BCUT2D eigenvalue weighted by atomic mass is 10.1. The number of alkyl halides is 1. The predicted molar refractivity (Wildman–Crippen MR) is 60.4 cm³/mol. The molecule has 0 spiro atoms. The van der Waals surface area contributed by atoms with Crippen molar-refractivity contribution in [3.63, 3.8) is 0 Å². The molecule has 1 atom stereocenters. The molecular formula is C11H14ClNO2. The van der Waals surface area contributed by atoms with Crippen LogP contribution in [0.1, 0.15) is 17.9 Å². The fourth-order valence-electron chi connectivity index (χ4n) is 1.02. The second-order valence-corrected chi connectivity index (χ2v) is 4.11. The van der Waals surface area contributed by atoms with E-state index in [2.05, 4.69) is 0 Å². The van der Waals surface area contributed by atoms with Gasteiger partial charge in [-0.05, 0) is 24.6 Å². The first-order valence-electron chi connectivity index (χ1n) is 4.64. The van der Waals surface area contributed by atoms with Gasteiger partial charge in [0.05, 0.1) is 5.38 Å². The van der Waals surface area contributed by atoms with Crippen molar-refractivity contribution in [2.24, 2.45) is 0 Å². The molecule has 1 aromatic carbocycles. The number of hydrogen-bond acceptors (Lipinski definition) is 2. The van der Waals surface area contributed by atoms with E-state index in [0.717, 1.165) is 5.56 Å². The molecule has 0 fully saturated rings. The number of hydrogen-bond donors (Lipinski definition) is 0. The number of nitrogens with zero attached hydrogens (tertiary/aromatic N) is 1. The molecule has 0 heterocycles. The minimum absolute atomic E-state index is 0.0944. The molecule has 1 amide bonds. The Hall–Kier alpha value is -1.22.